The Morgan fingerprint density at radius 3 is 2.52 bits per heavy atom. The van der Waals surface area contributed by atoms with Crippen molar-refractivity contribution in [1.82, 2.24) is 10.3 Å². The number of hydrogen-bond acceptors (Lipinski definition) is 5. The minimum atomic E-state index is -0.518. The number of nitro groups is 1. The van der Waals surface area contributed by atoms with Crippen molar-refractivity contribution in [2.45, 2.75) is 26.2 Å². The van der Waals surface area contributed by atoms with Crippen LogP contribution < -0.4 is 10.1 Å². The van der Waals surface area contributed by atoms with Crippen LogP contribution in [-0.2, 0) is 5.41 Å². The van der Waals surface area contributed by atoms with Crippen molar-refractivity contribution in [2.75, 3.05) is 13.7 Å². The molecule has 1 heterocycles. The van der Waals surface area contributed by atoms with Crippen molar-refractivity contribution >= 4 is 11.6 Å². The Balaban J connectivity index is 2.21. The van der Waals surface area contributed by atoms with Gasteiger partial charge in [0.1, 0.15) is 5.75 Å². The second-order valence-corrected chi connectivity index (χ2v) is 6.38. The van der Waals surface area contributed by atoms with Gasteiger partial charge in [0, 0.05) is 36.0 Å². The van der Waals surface area contributed by atoms with Gasteiger partial charge in [-0.3, -0.25) is 19.9 Å². The first-order valence-electron chi connectivity index (χ1n) is 7.78. The van der Waals surface area contributed by atoms with E-state index in [1.54, 1.807) is 19.3 Å². The van der Waals surface area contributed by atoms with E-state index < -0.39 is 4.92 Å². The molecule has 1 N–H and O–H groups in total. The Bertz CT molecular complexity index is 788. The highest BCUT2D eigenvalue weighted by Crippen LogP contribution is 2.29. The molecule has 0 atom stereocenters. The first kappa shape index (κ1) is 18.4. The van der Waals surface area contributed by atoms with Gasteiger partial charge in [-0.05, 0) is 30.7 Å². The Morgan fingerprint density at radius 2 is 1.96 bits per heavy atom. The predicted octanol–water partition coefficient (Wildman–Crippen LogP) is 3.01. The molecule has 0 saturated carbocycles. The van der Waals surface area contributed by atoms with Crippen molar-refractivity contribution in [3.05, 3.63) is 63.5 Å². The smallest absolute Gasteiger partial charge is 0.276 e. The average Bonchev–Trinajstić information content (AvgIpc) is 2.60. The van der Waals surface area contributed by atoms with Crippen LogP contribution in [0, 0.1) is 17.0 Å². The minimum absolute atomic E-state index is 0.141. The van der Waals surface area contributed by atoms with E-state index in [9.17, 15) is 14.9 Å². The van der Waals surface area contributed by atoms with E-state index in [0.717, 1.165) is 5.56 Å². The van der Waals surface area contributed by atoms with E-state index in [1.807, 2.05) is 26.0 Å². The van der Waals surface area contributed by atoms with Crippen molar-refractivity contribution < 1.29 is 14.5 Å². The predicted molar refractivity (Wildman–Crippen MR) is 94.0 cm³/mol. The zero-order valence-corrected chi connectivity index (χ0v) is 14.7. The van der Waals surface area contributed by atoms with Gasteiger partial charge in [-0.15, -0.1) is 0 Å². The van der Waals surface area contributed by atoms with Crippen molar-refractivity contribution in [3.63, 3.8) is 0 Å². The minimum Gasteiger partial charge on any atom is -0.496 e. The van der Waals surface area contributed by atoms with Gasteiger partial charge in [-0.1, -0.05) is 13.8 Å². The molecule has 25 heavy (non-hydrogen) atoms. The Labute approximate surface area is 146 Å². The van der Waals surface area contributed by atoms with E-state index >= 15 is 0 Å². The molecule has 2 rings (SSSR count). The number of carbonyl (C=O) groups excluding carboxylic acids is 1. The number of pyridine rings is 1. The highest BCUT2D eigenvalue weighted by atomic mass is 16.6. The fraction of sp³-hybridized carbons (Fsp3) is 0.333. The van der Waals surface area contributed by atoms with Crippen LogP contribution in [0.15, 0.2) is 36.7 Å². The van der Waals surface area contributed by atoms with Crippen molar-refractivity contribution in [1.29, 1.82) is 0 Å². The molecule has 0 saturated heterocycles. The van der Waals surface area contributed by atoms with Crippen molar-refractivity contribution in [2.24, 2.45) is 0 Å². The zero-order valence-electron chi connectivity index (χ0n) is 14.7. The van der Waals surface area contributed by atoms with Gasteiger partial charge in [0.25, 0.3) is 11.6 Å². The van der Waals surface area contributed by atoms with Crippen LogP contribution >= 0.6 is 0 Å². The summed E-state index contributed by atoms with van der Waals surface area (Å²) in [6.07, 6.45) is 3.40. The highest BCUT2D eigenvalue weighted by molar-refractivity contribution is 5.95. The molecule has 0 aliphatic rings. The second kappa shape index (κ2) is 7.29. The topological polar surface area (TPSA) is 94.4 Å². The molecule has 1 aromatic carbocycles. The number of rotatable bonds is 6. The first-order valence-corrected chi connectivity index (χ1v) is 7.78. The summed E-state index contributed by atoms with van der Waals surface area (Å²) in [4.78, 5) is 27.1. The normalized spacial score (nSPS) is 11.0. The summed E-state index contributed by atoms with van der Waals surface area (Å²) < 4.78 is 5.15. The highest BCUT2D eigenvalue weighted by Gasteiger charge is 2.24. The molecule has 0 aliphatic heterocycles. The average molecular weight is 343 g/mol. The zero-order chi connectivity index (χ0) is 18.6. The summed E-state index contributed by atoms with van der Waals surface area (Å²) in [6, 6.07) is 6.57. The number of methoxy groups -OCH3 is 1. The summed E-state index contributed by atoms with van der Waals surface area (Å²) in [7, 11) is 1.42. The number of carbonyl (C=O) groups is 1. The Hall–Kier alpha value is -2.96. The third kappa shape index (κ3) is 4.12. The quantitative estimate of drug-likeness (QED) is 0.642. The van der Waals surface area contributed by atoms with E-state index in [2.05, 4.69) is 10.3 Å². The summed E-state index contributed by atoms with van der Waals surface area (Å²) in [5, 5.41) is 14.0. The lowest BCUT2D eigenvalue weighted by Gasteiger charge is -2.25. The number of ether oxygens (including phenoxy) is 1. The van der Waals surface area contributed by atoms with Crippen molar-refractivity contribution in [3.8, 4) is 5.75 Å². The number of amides is 1. The number of nitro benzene ring substituents is 1. The number of benzene rings is 1. The molecule has 132 valence electrons. The maximum absolute atomic E-state index is 12.5. The maximum atomic E-state index is 12.5. The summed E-state index contributed by atoms with van der Waals surface area (Å²) in [6.45, 7) is 5.96. The second-order valence-electron chi connectivity index (χ2n) is 6.38. The SMILES string of the molecule is COc1cc(C(=O)NCC(C)(C)c2ccncc2)cc([N+](=O)[O-])c1C. The van der Waals surface area contributed by atoms with Crippen LogP contribution in [0.1, 0.15) is 35.3 Å². The van der Waals surface area contributed by atoms with Crippen LogP contribution in [0.3, 0.4) is 0 Å². The summed E-state index contributed by atoms with van der Waals surface area (Å²) >= 11 is 0. The maximum Gasteiger partial charge on any atom is 0.276 e. The van der Waals surface area contributed by atoms with Crippen LogP contribution in [0.5, 0.6) is 5.75 Å². The molecule has 0 unspecified atom stereocenters. The molecular formula is C18H21N3O4. The number of nitrogens with zero attached hydrogens (tertiary/aromatic N) is 2. The third-order valence-corrected chi connectivity index (χ3v) is 4.16. The van der Waals surface area contributed by atoms with Gasteiger partial charge in [-0.2, -0.15) is 0 Å². The molecule has 0 bridgehead atoms. The fourth-order valence-electron chi connectivity index (χ4n) is 2.51. The molecule has 0 fully saturated rings. The van der Waals surface area contributed by atoms with Crippen LogP contribution in [0.2, 0.25) is 0 Å². The molecular weight excluding hydrogens is 322 g/mol. The molecule has 0 spiro atoms. The molecule has 0 aliphatic carbocycles. The van der Waals surface area contributed by atoms with Gasteiger partial charge < -0.3 is 10.1 Å². The molecule has 1 aromatic heterocycles. The lowest BCUT2D eigenvalue weighted by molar-refractivity contribution is -0.385. The van der Waals surface area contributed by atoms with E-state index in [-0.39, 0.29) is 22.6 Å². The molecule has 7 nitrogen and oxygen atoms in total. The van der Waals surface area contributed by atoms with E-state index in [4.69, 9.17) is 4.74 Å². The van der Waals surface area contributed by atoms with Crippen LogP contribution in [0.4, 0.5) is 5.69 Å². The number of hydrogen-bond donors (Lipinski definition) is 1. The molecule has 7 heteroatoms. The first-order chi connectivity index (χ1) is 11.8. The van der Waals surface area contributed by atoms with Gasteiger partial charge in [0.2, 0.25) is 0 Å². The lowest BCUT2D eigenvalue weighted by atomic mass is 9.85. The van der Waals surface area contributed by atoms with Gasteiger partial charge in [0.15, 0.2) is 0 Å². The van der Waals surface area contributed by atoms with Gasteiger partial charge >= 0.3 is 0 Å². The van der Waals surface area contributed by atoms with Gasteiger partial charge in [-0.25, -0.2) is 0 Å². The molecule has 0 radical (unpaired) electrons. The molecule has 2 aromatic rings. The lowest BCUT2D eigenvalue weighted by Crippen LogP contribution is -2.36. The Morgan fingerprint density at radius 1 is 1.32 bits per heavy atom. The third-order valence-electron chi connectivity index (χ3n) is 4.16. The van der Waals surface area contributed by atoms with Gasteiger partial charge in [0.05, 0.1) is 17.6 Å². The van der Waals surface area contributed by atoms with Crippen LogP contribution in [0.25, 0.3) is 0 Å². The summed E-state index contributed by atoms with van der Waals surface area (Å²) in [5.74, 6) is -0.0729. The standard InChI is InChI=1S/C18H21N3O4/c1-12-15(21(23)24)9-13(10-16(12)25-4)17(22)20-11-18(2,3)14-5-7-19-8-6-14/h5-10H,11H2,1-4H3,(H,20,22). The van der Waals surface area contributed by atoms with E-state index in [1.165, 1.54) is 19.2 Å². The Kier molecular flexibility index (Phi) is 5.36. The molecule has 1 amide bonds. The fourth-order valence-corrected chi connectivity index (χ4v) is 2.51. The summed E-state index contributed by atoms with van der Waals surface area (Å²) in [5.41, 5.74) is 1.17. The largest absolute Gasteiger partial charge is 0.496 e. The number of aromatic nitrogens is 1. The van der Waals surface area contributed by atoms with E-state index in [0.29, 0.717) is 17.9 Å². The number of nitrogens with one attached hydrogen (secondary N) is 1. The monoisotopic (exact) mass is 343 g/mol. The van der Waals surface area contributed by atoms with Crippen LogP contribution in [-0.4, -0.2) is 29.5 Å².